The number of unbranched alkanes of at least 4 members (excludes halogenated alkanes) is 3. The first kappa shape index (κ1) is 25.0. The van der Waals surface area contributed by atoms with Gasteiger partial charge in [-0.3, -0.25) is 24.6 Å². The van der Waals surface area contributed by atoms with Crippen molar-refractivity contribution in [1.82, 2.24) is 15.2 Å². The number of nitro benzene ring substituents is 1. The van der Waals surface area contributed by atoms with Crippen LogP contribution >= 0.6 is 0 Å². The van der Waals surface area contributed by atoms with Crippen LogP contribution in [0.2, 0.25) is 0 Å². The number of imide groups is 1. The maximum atomic E-state index is 13.4. The van der Waals surface area contributed by atoms with Crippen molar-refractivity contribution in [3.8, 4) is 0 Å². The summed E-state index contributed by atoms with van der Waals surface area (Å²) in [7, 11) is 0. The number of aromatic nitrogens is 2. The van der Waals surface area contributed by atoms with E-state index in [1.165, 1.54) is 23.1 Å². The Morgan fingerprint density at radius 2 is 1.53 bits per heavy atom. The summed E-state index contributed by atoms with van der Waals surface area (Å²) in [6.45, 7) is 1.37. The molecule has 4 aromatic rings. The molecule has 0 radical (unpaired) electrons. The van der Waals surface area contributed by atoms with Gasteiger partial charge in [-0.25, -0.2) is 9.02 Å². The van der Waals surface area contributed by atoms with Gasteiger partial charge in [-0.15, -0.1) is 0 Å². The second-order valence-corrected chi connectivity index (χ2v) is 9.09. The summed E-state index contributed by atoms with van der Waals surface area (Å²) in [5.74, 6) is -0.837. The summed E-state index contributed by atoms with van der Waals surface area (Å²) in [6.07, 6.45) is 3.08. The van der Waals surface area contributed by atoms with Gasteiger partial charge < -0.3 is 4.90 Å². The number of nitrogens with zero attached hydrogens (tertiary/aromatic N) is 5. The fourth-order valence-corrected chi connectivity index (χ4v) is 4.71. The molecule has 0 bridgehead atoms. The van der Waals surface area contributed by atoms with Crippen molar-refractivity contribution in [2.45, 2.75) is 32.2 Å². The van der Waals surface area contributed by atoms with Gasteiger partial charge in [0.1, 0.15) is 5.82 Å². The van der Waals surface area contributed by atoms with Gasteiger partial charge in [0.05, 0.1) is 21.7 Å². The molecule has 38 heavy (non-hydrogen) atoms. The predicted molar refractivity (Wildman–Crippen MR) is 136 cm³/mol. The number of hydrogen-bond donors (Lipinski definition) is 0. The lowest BCUT2D eigenvalue weighted by Gasteiger charge is -2.25. The third-order valence-electron chi connectivity index (χ3n) is 6.63. The molecule has 194 valence electrons. The van der Waals surface area contributed by atoms with Crippen molar-refractivity contribution in [2.24, 2.45) is 0 Å². The molecule has 0 fully saturated rings. The Morgan fingerprint density at radius 3 is 2.21 bits per heavy atom. The third kappa shape index (κ3) is 4.95. The molecule has 2 amide bonds. The van der Waals surface area contributed by atoms with Gasteiger partial charge in [0.25, 0.3) is 11.8 Å². The van der Waals surface area contributed by atoms with Crippen LogP contribution in [0, 0.1) is 15.9 Å². The molecule has 0 saturated heterocycles. The van der Waals surface area contributed by atoms with E-state index in [9.17, 15) is 24.1 Å². The molecule has 10 nitrogen and oxygen atoms in total. The maximum absolute atomic E-state index is 13.4. The summed E-state index contributed by atoms with van der Waals surface area (Å²) >= 11 is 0. The van der Waals surface area contributed by atoms with Crippen LogP contribution in [0.15, 0.2) is 65.3 Å². The highest BCUT2D eigenvalue weighted by molar-refractivity contribution is 6.21. The second kappa shape index (κ2) is 10.8. The number of hydrogen-bond acceptors (Lipinski definition) is 8. The molecule has 2 heterocycles. The zero-order valence-electron chi connectivity index (χ0n) is 20.4. The van der Waals surface area contributed by atoms with Gasteiger partial charge in [0.2, 0.25) is 5.52 Å². The van der Waals surface area contributed by atoms with Crippen molar-refractivity contribution < 1.29 is 23.5 Å². The number of fused-ring (bicyclic) bond motifs is 2. The van der Waals surface area contributed by atoms with Crippen LogP contribution in [0.25, 0.3) is 11.0 Å². The Morgan fingerprint density at radius 1 is 0.868 bits per heavy atom. The zero-order chi connectivity index (χ0) is 26.6. The molecule has 1 aliphatic heterocycles. The molecule has 11 heteroatoms. The van der Waals surface area contributed by atoms with E-state index in [2.05, 4.69) is 10.3 Å². The first-order valence-corrected chi connectivity index (χ1v) is 12.3. The van der Waals surface area contributed by atoms with E-state index < -0.39 is 4.92 Å². The number of amides is 2. The Balaban J connectivity index is 1.23. The molecule has 0 aliphatic carbocycles. The number of halogens is 1. The SMILES string of the molecule is O=C1c2ccccc2C(=O)N1CCCCCCN(Cc1ccc(F)cc1)c1ccc([N+](=O)[O-])c2nonc12. The minimum atomic E-state index is -0.533. The highest BCUT2D eigenvalue weighted by Gasteiger charge is 2.34. The molecule has 0 unspecified atom stereocenters. The average Bonchev–Trinajstić information content (AvgIpc) is 3.50. The Labute approximate surface area is 216 Å². The summed E-state index contributed by atoms with van der Waals surface area (Å²) < 4.78 is 18.3. The Kier molecular flexibility index (Phi) is 7.07. The minimum Gasteiger partial charge on any atom is -0.365 e. The monoisotopic (exact) mass is 517 g/mol. The molecule has 3 aromatic carbocycles. The van der Waals surface area contributed by atoms with Crippen molar-refractivity contribution in [3.05, 3.63) is 93.3 Å². The number of carbonyl (C=O) groups excluding carboxylic acids is 2. The topological polar surface area (TPSA) is 123 Å². The number of nitro groups is 1. The normalized spacial score (nSPS) is 12.8. The van der Waals surface area contributed by atoms with Crippen LogP contribution in [0.5, 0.6) is 0 Å². The highest BCUT2D eigenvalue weighted by atomic mass is 19.1. The number of non-ortho nitro benzene ring substituents is 1. The summed E-state index contributed by atoms with van der Waals surface area (Å²) in [5, 5.41) is 19.0. The van der Waals surface area contributed by atoms with Crippen LogP contribution < -0.4 is 4.90 Å². The second-order valence-electron chi connectivity index (χ2n) is 9.09. The van der Waals surface area contributed by atoms with E-state index in [1.54, 1.807) is 42.5 Å². The molecule has 1 aromatic heterocycles. The van der Waals surface area contributed by atoms with Gasteiger partial charge in [-0.05, 0) is 59.1 Å². The van der Waals surface area contributed by atoms with E-state index in [-0.39, 0.29) is 34.4 Å². The fraction of sp³-hybridized carbons (Fsp3) is 0.259. The van der Waals surface area contributed by atoms with E-state index >= 15 is 0 Å². The lowest BCUT2D eigenvalue weighted by molar-refractivity contribution is -0.383. The first-order valence-electron chi connectivity index (χ1n) is 12.3. The van der Waals surface area contributed by atoms with Crippen LogP contribution in [0.3, 0.4) is 0 Å². The van der Waals surface area contributed by atoms with Crippen LogP contribution in [-0.4, -0.2) is 45.0 Å². The Hall–Kier alpha value is -4.67. The van der Waals surface area contributed by atoms with Crippen LogP contribution in [0.4, 0.5) is 15.8 Å². The number of anilines is 1. The van der Waals surface area contributed by atoms with Crippen LogP contribution in [-0.2, 0) is 6.54 Å². The molecule has 5 rings (SSSR count). The molecule has 0 spiro atoms. The maximum Gasteiger partial charge on any atom is 0.300 e. The summed E-state index contributed by atoms with van der Waals surface area (Å²) in [5.41, 5.74) is 2.54. The quantitative estimate of drug-likeness (QED) is 0.116. The highest BCUT2D eigenvalue weighted by Crippen LogP contribution is 2.32. The third-order valence-corrected chi connectivity index (χ3v) is 6.63. The summed E-state index contributed by atoms with van der Waals surface area (Å²) in [6, 6.07) is 16.0. The minimum absolute atomic E-state index is 0.0672. The number of carbonyl (C=O) groups is 2. The van der Waals surface area contributed by atoms with E-state index in [0.717, 1.165) is 24.8 Å². The smallest absolute Gasteiger partial charge is 0.300 e. The van der Waals surface area contributed by atoms with E-state index in [0.29, 0.717) is 42.9 Å². The summed E-state index contributed by atoms with van der Waals surface area (Å²) in [4.78, 5) is 39.2. The van der Waals surface area contributed by atoms with E-state index in [4.69, 9.17) is 4.63 Å². The molecule has 0 N–H and O–H groups in total. The molecule has 0 atom stereocenters. The van der Waals surface area contributed by atoms with Crippen molar-refractivity contribution in [1.29, 1.82) is 0 Å². The van der Waals surface area contributed by atoms with Gasteiger partial charge in [-0.1, -0.05) is 37.1 Å². The van der Waals surface area contributed by atoms with Gasteiger partial charge >= 0.3 is 5.69 Å². The molecular formula is C27H24FN5O5. The predicted octanol–water partition coefficient (Wildman–Crippen LogP) is 5.13. The first-order chi connectivity index (χ1) is 18.4. The molecular weight excluding hydrogens is 493 g/mol. The van der Waals surface area contributed by atoms with Crippen molar-refractivity contribution >= 4 is 34.2 Å². The number of rotatable bonds is 11. The van der Waals surface area contributed by atoms with Gasteiger partial charge in [0.15, 0.2) is 5.52 Å². The van der Waals surface area contributed by atoms with E-state index in [1.807, 2.05) is 4.90 Å². The average molecular weight is 518 g/mol. The Bertz CT molecular complexity index is 1470. The van der Waals surface area contributed by atoms with Crippen molar-refractivity contribution in [2.75, 3.05) is 18.0 Å². The van der Waals surface area contributed by atoms with Gasteiger partial charge in [-0.2, -0.15) is 0 Å². The molecule has 1 aliphatic rings. The van der Waals surface area contributed by atoms with Gasteiger partial charge in [0, 0.05) is 25.7 Å². The number of benzene rings is 3. The lowest BCUT2D eigenvalue weighted by atomic mass is 10.1. The van der Waals surface area contributed by atoms with Crippen LogP contribution in [0.1, 0.15) is 52.0 Å². The molecule has 0 saturated carbocycles. The lowest BCUT2D eigenvalue weighted by Crippen LogP contribution is -2.30. The van der Waals surface area contributed by atoms with Crippen molar-refractivity contribution in [3.63, 3.8) is 0 Å². The standard InChI is InChI=1S/C27H24FN5O5/c28-19-11-9-18(10-12-19)17-31(22-13-14-23(33(36)37)25-24(22)29-38-30-25)15-5-1-2-6-16-32-26(34)20-7-3-4-8-21(20)27(32)35/h3-4,7-14H,1-2,5-6,15-17H2. The fourth-order valence-electron chi connectivity index (χ4n) is 4.71. The zero-order valence-corrected chi connectivity index (χ0v) is 20.4. The largest absolute Gasteiger partial charge is 0.365 e.